The van der Waals surface area contributed by atoms with E-state index in [9.17, 15) is 0 Å². The number of hydrogen-bond donors (Lipinski definition) is 1. The number of morpholine rings is 1. The lowest BCUT2D eigenvalue weighted by atomic mass is 10.1. The van der Waals surface area contributed by atoms with E-state index in [1.807, 2.05) is 16.9 Å². The summed E-state index contributed by atoms with van der Waals surface area (Å²) in [5.74, 6) is 2.08. The molecule has 0 radical (unpaired) electrons. The van der Waals surface area contributed by atoms with Gasteiger partial charge in [-0.05, 0) is 61.1 Å². The average Bonchev–Trinajstić information content (AvgIpc) is 3.08. The third kappa shape index (κ3) is 5.80. The molecule has 8 heteroatoms. The number of thiol groups is 1. The monoisotopic (exact) mass is 508 g/mol. The van der Waals surface area contributed by atoms with Crippen LogP contribution in [0.2, 0.25) is 0 Å². The van der Waals surface area contributed by atoms with E-state index in [1.54, 1.807) is 0 Å². The maximum atomic E-state index is 6.05. The molecule has 1 aromatic carbocycles. The molecular weight excluding hydrogens is 476 g/mol. The summed E-state index contributed by atoms with van der Waals surface area (Å²) in [5, 5.41) is 6.05. The second-order valence-electron chi connectivity index (χ2n) is 10.2. The number of benzene rings is 1. The molecule has 1 fully saturated rings. The van der Waals surface area contributed by atoms with Gasteiger partial charge in [0.05, 0.1) is 25.3 Å². The predicted octanol–water partition coefficient (Wildman–Crippen LogP) is 4.26. The number of hydrogen-bond acceptors (Lipinski definition) is 5. The normalized spacial score (nSPS) is 16.4. The minimum absolute atomic E-state index is 0.450. The SMILES string of the molecule is C[SH](C)(C)(C)CCOCn1nc(-c2ccnc(N3CCOCC3)c2)c2cc(Br)ccc21. The molecule has 170 valence electrons. The van der Waals surface area contributed by atoms with Crippen LogP contribution in [0.4, 0.5) is 5.82 Å². The summed E-state index contributed by atoms with van der Waals surface area (Å²) in [6.07, 6.45) is 11.4. The number of fused-ring (bicyclic) bond motifs is 1. The number of rotatable bonds is 7. The highest BCUT2D eigenvalue weighted by Crippen LogP contribution is 2.54. The quantitative estimate of drug-likeness (QED) is 0.381. The Bertz CT molecular complexity index is 1060. The number of pyridine rings is 1. The van der Waals surface area contributed by atoms with Crippen LogP contribution in [0.1, 0.15) is 0 Å². The summed E-state index contributed by atoms with van der Waals surface area (Å²) >= 11 is 3.62. The van der Waals surface area contributed by atoms with E-state index in [2.05, 4.69) is 75.1 Å². The van der Waals surface area contributed by atoms with E-state index in [0.29, 0.717) is 6.73 Å². The van der Waals surface area contributed by atoms with Crippen LogP contribution in [0.25, 0.3) is 22.2 Å². The van der Waals surface area contributed by atoms with Gasteiger partial charge in [0, 0.05) is 34.7 Å². The summed E-state index contributed by atoms with van der Waals surface area (Å²) in [4.78, 5) is 6.85. The van der Waals surface area contributed by atoms with Crippen molar-refractivity contribution in [3.8, 4) is 11.3 Å². The second-order valence-corrected chi connectivity index (χ2v) is 19.5. The Morgan fingerprint density at radius 2 is 1.87 bits per heavy atom. The molecule has 4 rings (SSSR count). The Balaban J connectivity index is 1.62. The minimum Gasteiger partial charge on any atom is -0.378 e. The van der Waals surface area contributed by atoms with Crippen LogP contribution in [0.5, 0.6) is 0 Å². The molecule has 1 aliphatic heterocycles. The van der Waals surface area contributed by atoms with Crippen LogP contribution < -0.4 is 4.90 Å². The summed E-state index contributed by atoms with van der Waals surface area (Å²) in [7, 11) is -1.57. The molecule has 0 atom stereocenters. The summed E-state index contributed by atoms with van der Waals surface area (Å²) < 4.78 is 14.5. The average molecular weight is 510 g/mol. The fraction of sp³-hybridized carbons (Fsp3) is 0.478. The van der Waals surface area contributed by atoms with Crippen molar-refractivity contribution in [2.75, 3.05) is 68.6 Å². The van der Waals surface area contributed by atoms with Crippen molar-refractivity contribution < 1.29 is 9.47 Å². The number of anilines is 1. The van der Waals surface area contributed by atoms with Gasteiger partial charge in [0.25, 0.3) is 0 Å². The molecular formula is C23H33BrN4O2S. The van der Waals surface area contributed by atoms with Gasteiger partial charge in [0.15, 0.2) is 0 Å². The number of ether oxygens (including phenoxy) is 2. The third-order valence-electron chi connectivity index (χ3n) is 5.41. The van der Waals surface area contributed by atoms with E-state index < -0.39 is 9.16 Å². The highest BCUT2D eigenvalue weighted by atomic mass is 79.9. The van der Waals surface area contributed by atoms with Crippen LogP contribution in [0, 0.1) is 0 Å². The van der Waals surface area contributed by atoms with Crippen molar-refractivity contribution in [1.82, 2.24) is 14.8 Å². The number of nitrogens with zero attached hydrogens (tertiary/aromatic N) is 4. The van der Waals surface area contributed by atoms with Crippen LogP contribution in [0.15, 0.2) is 41.0 Å². The van der Waals surface area contributed by atoms with Crippen molar-refractivity contribution in [1.29, 1.82) is 0 Å². The van der Waals surface area contributed by atoms with Crippen molar-refractivity contribution in [2.24, 2.45) is 0 Å². The van der Waals surface area contributed by atoms with Crippen molar-refractivity contribution in [3.63, 3.8) is 0 Å². The van der Waals surface area contributed by atoms with E-state index in [0.717, 1.165) is 71.1 Å². The zero-order valence-corrected chi connectivity index (χ0v) is 21.3. The van der Waals surface area contributed by atoms with E-state index in [4.69, 9.17) is 14.6 Å². The maximum Gasteiger partial charge on any atom is 0.140 e. The van der Waals surface area contributed by atoms with Gasteiger partial charge < -0.3 is 14.4 Å². The van der Waals surface area contributed by atoms with Crippen molar-refractivity contribution in [2.45, 2.75) is 6.73 Å². The standard InChI is InChI=1S/C23H33BrN4O2S/c1-31(2,3,4)14-13-30-17-28-21-6-5-19(24)16-20(21)23(26-28)18-7-8-25-22(15-18)27-9-11-29-12-10-27/h5-8,15-16,31H,9-14,17H2,1-4H3. The van der Waals surface area contributed by atoms with Crippen LogP contribution >= 0.6 is 25.1 Å². The molecule has 0 spiro atoms. The van der Waals surface area contributed by atoms with E-state index >= 15 is 0 Å². The number of aromatic nitrogens is 3. The molecule has 31 heavy (non-hydrogen) atoms. The topological polar surface area (TPSA) is 52.4 Å². The lowest BCUT2D eigenvalue weighted by Crippen LogP contribution is -2.36. The first-order chi connectivity index (χ1) is 14.7. The minimum atomic E-state index is -1.57. The molecule has 0 saturated carbocycles. The molecule has 3 heterocycles. The molecule has 0 bridgehead atoms. The molecule has 3 aromatic rings. The largest absolute Gasteiger partial charge is 0.378 e. The van der Waals surface area contributed by atoms with Gasteiger partial charge in [-0.25, -0.2) is 9.67 Å². The van der Waals surface area contributed by atoms with Crippen molar-refractivity contribution >= 4 is 41.8 Å². The molecule has 2 aromatic heterocycles. The second kappa shape index (κ2) is 8.73. The van der Waals surface area contributed by atoms with Gasteiger partial charge in [-0.2, -0.15) is 5.10 Å². The van der Waals surface area contributed by atoms with Crippen molar-refractivity contribution in [3.05, 3.63) is 41.0 Å². The van der Waals surface area contributed by atoms with Gasteiger partial charge in [-0.1, -0.05) is 15.9 Å². The molecule has 0 N–H and O–H groups in total. The smallest absolute Gasteiger partial charge is 0.140 e. The summed E-state index contributed by atoms with van der Waals surface area (Å²) in [5.41, 5.74) is 3.09. The fourth-order valence-corrected chi connectivity index (χ4v) is 4.80. The Hall–Kier alpha value is -1.61. The Labute approximate surface area is 193 Å². The zero-order valence-electron chi connectivity index (χ0n) is 18.8. The first kappa shape index (κ1) is 22.6. The number of halogens is 1. The molecule has 0 aliphatic carbocycles. The Morgan fingerprint density at radius 1 is 1.10 bits per heavy atom. The van der Waals surface area contributed by atoms with Crippen LogP contribution in [0.3, 0.4) is 0 Å². The summed E-state index contributed by atoms with van der Waals surface area (Å²) in [6.45, 7) is 4.40. The first-order valence-electron chi connectivity index (χ1n) is 10.7. The van der Waals surface area contributed by atoms with Gasteiger partial charge in [-0.15, -0.1) is 0 Å². The lowest BCUT2D eigenvalue weighted by molar-refractivity contribution is 0.0841. The van der Waals surface area contributed by atoms with E-state index in [-0.39, 0.29) is 0 Å². The lowest BCUT2D eigenvalue weighted by Gasteiger charge is -2.46. The summed E-state index contributed by atoms with van der Waals surface area (Å²) in [6, 6.07) is 10.4. The van der Waals surface area contributed by atoms with Gasteiger partial charge in [-0.3, -0.25) is 9.16 Å². The fourth-order valence-electron chi connectivity index (χ4n) is 3.57. The van der Waals surface area contributed by atoms with Crippen LogP contribution in [-0.2, 0) is 16.2 Å². The van der Waals surface area contributed by atoms with Crippen LogP contribution in [-0.4, -0.2) is 78.5 Å². The van der Waals surface area contributed by atoms with E-state index in [1.165, 1.54) is 0 Å². The molecule has 1 saturated heterocycles. The third-order valence-corrected chi connectivity index (χ3v) is 7.87. The molecule has 0 unspecified atom stereocenters. The van der Waals surface area contributed by atoms with Gasteiger partial charge >= 0.3 is 0 Å². The molecule has 6 nitrogen and oxygen atoms in total. The highest BCUT2D eigenvalue weighted by molar-refractivity contribution is 9.10. The first-order valence-corrected chi connectivity index (χ1v) is 15.7. The molecule has 1 aliphatic rings. The highest BCUT2D eigenvalue weighted by Gasteiger charge is 2.19. The maximum absolute atomic E-state index is 6.05. The zero-order chi connectivity index (χ0) is 22.1. The predicted molar refractivity (Wildman–Crippen MR) is 137 cm³/mol. The van der Waals surface area contributed by atoms with Gasteiger partial charge in [0.1, 0.15) is 18.2 Å². The van der Waals surface area contributed by atoms with Gasteiger partial charge in [0.2, 0.25) is 0 Å². The Morgan fingerprint density at radius 3 is 2.61 bits per heavy atom. The Kier molecular flexibility index (Phi) is 6.36. The molecule has 0 amide bonds.